The predicted octanol–water partition coefficient (Wildman–Crippen LogP) is 3.32. The Morgan fingerprint density at radius 3 is 2.28 bits per heavy atom. The number of benzene rings is 3. The smallest absolute Gasteiger partial charge is 0.335 e. The van der Waals surface area contributed by atoms with Crippen LogP contribution in [-0.2, 0) is 26.2 Å². The number of rotatable bonds is 8. The Bertz CT molecular complexity index is 1390. The van der Waals surface area contributed by atoms with Gasteiger partial charge in [0.2, 0.25) is 10.0 Å². The van der Waals surface area contributed by atoms with E-state index in [0.717, 1.165) is 0 Å². The van der Waals surface area contributed by atoms with Crippen molar-refractivity contribution in [2.45, 2.75) is 25.3 Å². The second-order valence-electron chi connectivity index (χ2n) is 8.66. The van der Waals surface area contributed by atoms with E-state index in [9.17, 15) is 27.9 Å². The molecule has 10 heteroatoms. The standard InChI is InChI=1S/C26H27N3O6S/c1-17(2)15-29(16-18-7-6-10-20(13-18)26(32)33)25(31)24(30)28-21-11-12-22(19-8-4-3-5-9-19)23(14-21)36(27,34)35/h3-14,17H,15-16H2,1-2H3,(H,28,30)(H,32,33)(H2,27,34,35). The Balaban J connectivity index is 1.86. The number of carbonyl (C=O) groups is 3. The van der Waals surface area contributed by atoms with Crippen molar-refractivity contribution in [3.63, 3.8) is 0 Å². The van der Waals surface area contributed by atoms with Crippen molar-refractivity contribution in [1.29, 1.82) is 0 Å². The van der Waals surface area contributed by atoms with Gasteiger partial charge in [-0.3, -0.25) is 9.59 Å². The van der Waals surface area contributed by atoms with Crippen LogP contribution >= 0.6 is 0 Å². The molecule has 0 fully saturated rings. The van der Waals surface area contributed by atoms with Gasteiger partial charge in [0.15, 0.2) is 0 Å². The summed E-state index contributed by atoms with van der Waals surface area (Å²) >= 11 is 0. The van der Waals surface area contributed by atoms with Gasteiger partial charge in [-0.15, -0.1) is 0 Å². The molecule has 4 N–H and O–H groups in total. The summed E-state index contributed by atoms with van der Waals surface area (Å²) in [7, 11) is -4.14. The molecule has 0 unspecified atom stereocenters. The van der Waals surface area contributed by atoms with Gasteiger partial charge < -0.3 is 15.3 Å². The van der Waals surface area contributed by atoms with Gasteiger partial charge in [0.25, 0.3) is 0 Å². The minimum atomic E-state index is -4.14. The summed E-state index contributed by atoms with van der Waals surface area (Å²) in [5.41, 5.74) is 1.71. The third kappa shape index (κ3) is 6.77. The van der Waals surface area contributed by atoms with Gasteiger partial charge in [-0.05, 0) is 41.3 Å². The van der Waals surface area contributed by atoms with Crippen molar-refractivity contribution in [3.05, 3.63) is 83.9 Å². The number of carboxylic acid groups (broad SMARTS) is 1. The molecule has 36 heavy (non-hydrogen) atoms. The summed E-state index contributed by atoms with van der Waals surface area (Å²) in [6.45, 7) is 4.04. The largest absolute Gasteiger partial charge is 0.478 e. The predicted molar refractivity (Wildman–Crippen MR) is 136 cm³/mol. The molecule has 0 bridgehead atoms. The van der Waals surface area contributed by atoms with Gasteiger partial charge in [0.1, 0.15) is 0 Å². The molecule has 0 spiro atoms. The fraction of sp³-hybridized carbons (Fsp3) is 0.192. The zero-order chi connectivity index (χ0) is 26.5. The number of amides is 2. The monoisotopic (exact) mass is 509 g/mol. The number of carboxylic acids is 1. The van der Waals surface area contributed by atoms with Crippen molar-refractivity contribution in [1.82, 2.24) is 4.90 Å². The van der Waals surface area contributed by atoms with Crippen LogP contribution in [-0.4, -0.2) is 42.8 Å². The Hall–Kier alpha value is -4.02. The summed E-state index contributed by atoms with van der Waals surface area (Å²) in [5, 5.41) is 17.1. The highest BCUT2D eigenvalue weighted by Gasteiger charge is 2.24. The zero-order valence-electron chi connectivity index (χ0n) is 19.8. The summed E-state index contributed by atoms with van der Waals surface area (Å²) in [4.78, 5) is 38.3. The molecule has 0 aliphatic carbocycles. The molecule has 0 saturated carbocycles. The van der Waals surface area contributed by atoms with Gasteiger partial charge in [0.05, 0.1) is 10.5 Å². The van der Waals surface area contributed by atoms with Crippen LogP contribution < -0.4 is 10.5 Å². The molecule has 0 atom stereocenters. The van der Waals surface area contributed by atoms with Crippen molar-refractivity contribution >= 4 is 33.5 Å². The Morgan fingerprint density at radius 2 is 1.67 bits per heavy atom. The average Bonchev–Trinajstić information content (AvgIpc) is 2.83. The number of nitrogens with zero attached hydrogens (tertiary/aromatic N) is 1. The molecular weight excluding hydrogens is 482 g/mol. The highest BCUT2D eigenvalue weighted by atomic mass is 32.2. The molecule has 0 saturated heterocycles. The van der Waals surface area contributed by atoms with Crippen LogP contribution in [0.1, 0.15) is 29.8 Å². The third-order valence-electron chi connectivity index (χ3n) is 5.25. The molecule has 0 heterocycles. The maximum atomic E-state index is 13.0. The van der Waals surface area contributed by atoms with Crippen LogP contribution in [0, 0.1) is 5.92 Å². The number of hydrogen-bond acceptors (Lipinski definition) is 5. The van der Waals surface area contributed by atoms with Crippen molar-refractivity contribution in [2.75, 3.05) is 11.9 Å². The Labute approximate surface area is 209 Å². The SMILES string of the molecule is CC(C)CN(Cc1cccc(C(=O)O)c1)C(=O)C(=O)Nc1ccc(-c2ccccc2)c(S(N)(=O)=O)c1. The van der Waals surface area contributed by atoms with Gasteiger partial charge in [-0.2, -0.15) is 0 Å². The van der Waals surface area contributed by atoms with E-state index < -0.39 is 27.8 Å². The van der Waals surface area contributed by atoms with Gasteiger partial charge >= 0.3 is 17.8 Å². The number of sulfonamides is 1. The quantitative estimate of drug-likeness (QED) is 0.397. The van der Waals surface area contributed by atoms with E-state index in [1.54, 1.807) is 42.5 Å². The highest BCUT2D eigenvalue weighted by Crippen LogP contribution is 2.29. The number of anilines is 1. The number of carbonyl (C=O) groups excluding carboxylic acids is 2. The second-order valence-corrected chi connectivity index (χ2v) is 10.2. The number of nitrogens with one attached hydrogen (secondary N) is 1. The highest BCUT2D eigenvalue weighted by molar-refractivity contribution is 7.89. The maximum absolute atomic E-state index is 13.0. The lowest BCUT2D eigenvalue weighted by Crippen LogP contribution is -2.41. The van der Waals surface area contributed by atoms with Crippen LogP contribution in [0.4, 0.5) is 5.69 Å². The zero-order valence-corrected chi connectivity index (χ0v) is 20.7. The number of primary sulfonamides is 1. The van der Waals surface area contributed by atoms with Crippen molar-refractivity contribution in [3.8, 4) is 11.1 Å². The molecule has 0 radical (unpaired) electrons. The minimum absolute atomic E-state index is 0.0287. The van der Waals surface area contributed by atoms with Crippen LogP contribution in [0.3, 0.4) is 0 Å². The number of aromatic carboxylic acids is 1. The maximum Gasteiger partial charge on any atom is 0.335 e. The molecule has 3 aromatic carbocycles. The fourth-order valence-corrected chi connectivity index (χ4v) is 4.49. The Kier molecular flexibility index (Phi) is 8.23. The van der Waals surface area contributed by atoms with Crippen LogP contribution in [0.25, 0.3) is 11.1 Å². The van der Waals surface area contributed by atoms with Crippen LogP contribution in [0.5, 0.6) is 0 Å². The van der Waals surface area contributed by atoms with E-state index >= 15 is 0 Å². The summed E-state index contributed by atoms with van der Waals surface area (Å²) in [5.74, 6) is -2.86. The van der Waals surface area contributed by atoms with Gasteiger partial charge in [-0.1, -0.05) is 62.4 Å². The van der Waals surface area contributed by atoms with E-state index in [1.165, 1.54) is 35.2 Å². The lowest BCUT2D eigenvalue weighted by molar-refractivity contribution is -0.143. The third-order valence-corrected chi connectivity index (χ3v) is 6.20. The van der Waals surface area contributed by atoms with Crippen molar-refractivity contribution in [2.24, 2.45) is 11.1 Å². The molecule has 3 rings (SSSR count). The van der Waals surface area contributed by atoms with Gasteiger partial charge in [-0.25, -0.2) is 18.4 Å². The lowest BCUT2D eigenvalue weighted by Gasteiger charge is -2.24. The van der Waals surface area contributed by atoms with E-state index in [2.05, 4.69) is 5.32 Å². The van der Waals surface area contributed by atoms with Gasteiger partial charge in [0, 0.05) is 24.3 Å². The first-order valence-corrected chi connectivity index (χ1v) is 12.6. The normalized spacial score (nSPS) is 11.2. The molecular formula is C26H27N3O6S. The summed E-state index contributed by atoms with van der Waals surface area (Å²) in [6, 6.07) is 19.1. The molecule has 0 aliphatic rings. The molecule has 2 amide bonds. The van der Waals surface area contributed by atoms with E-state index in [-0.39, 0.29) is 35.2 Å². The molecule has 0 aromatic heterocycles. The minimum Gasteiger partial charge on any atom is -0.478 e. The number of hydrogen-bond donors (Lipinski definition) is 3. The lowest BCUT2D eigenvalue weighted by atomic mass is 10.1. The first-order valence-electron chi connectivity index (χ1n) is 11.1. The fourth-order valence-electron chi connectivity index (χ4n) is 3.70. The van der Waals surface area contributed by atoms with E-state index in [0.29, 0.717) is 16.7 Å². The van der Waals surface area contributed by atoms with E-state index in [4.69, 9.17) is 5.14 Å². The van der Waals surface area contributed by atoms with E-state index in [1.807, 2.05) is 13.8 Å². The second kappa shape index (κ2) is 11.1. The summed E-state index contributed by atoms with van der Waals surface area (Å²) < 4.78 is 24.5. The first-order chi connectivity index (χ1) is 17.0. The first kappa shape index (κ1) is 26.6. The average molecular weight is 510 g/mol. The van der Waals surface area contributed by atoms with Crippen molar-refractivity contribution < 1.29 is 27.9 Å². The molecule has 188 valence electrons. The number of nitrogens with two attached hydrogens (primary N) is 1. The molecule has 0 aliphatic heterocycles. The molecule has 9 nitrogen and oxygen atoms in total. The van der Waals surface area contributed by atoms with Crippen LogP contribution in [0.15, 0.2) is 77.7 Å². The van der Waals surface area contributed by atoms with Crippen LogP contribution in [0.2, 0.25) is 0 Å². The summed E-state index contributed by atoms with van der Waals surface area (Å²) in [6.07, 6.45) is 0. The molecule has 3 aromatic rings. The Morgan fingerprint density at radius 1 is 0.972 bits per heavy atom. The topological polar surface area (TPSA) is 147 Å².